The number of nitrogens with zero attached hydrogens (tertiary/aromatic N) is 1. The number of halogens is 1. The zero-order chi connectivity index (χ0) is 14.4. The monoisotopic (exact) mass is 305 g/mol. The van der Waals surface area contributed by atoms with Gasteiger partial charge in [0.1, 0.15) is 12.2 Å². The Kier molecular flexibility index (Phi) is 6.43. The van der Waals surface area contributed by atoms with Crippen molar-refractivity contribution in [3.05, 3.63) is 59.9 Å². The maximum atomic E-state index is 10.5. The van der Waals surface area contributed by atoms with Gasteiger partial charge in [0.25, 0.3) is 0 Å². The van der Waals surface area contributed by atoms with Crippen LogP contribution in [0.25, 0.3) is 12.2 Å². The summed E-state index contributed by atoms with van der Waals surface area (Å²) in [5, 5.41) is 17.8. The van der Waals surface area contributed by atoms with Gasteiger partial charge in [-0.1, -0.05) is 24.3 Å². The van der Waals surface area contributed by atoms with Gasteiger partial charge in [0, 0.05) is 12.1 Å². The largest absolute Gasteiger partial charge is 1.00 e. The molecule has 110 valence electrons. The topological polar surface area (TPSA) is 61.4 Å². The number of pyridine rings is 1. The first-order valence-electron chi connectivity index (χ1n) is 6.31. The maximum absolute atomic E-state index is 10.5. The number of hydrogen-bond donors (Lipinski definition) is 2. The molecule has 0 aliphatic rings. The fourth-order valence-electron chi connectivity index (χ4n) is 1.73. The molecule has 0 unspecified atom stereocenters. The average molecular weight is 306 g/mol. The number of phenols is 1. The molecule has 2 rings (SSSR count). The highest BCUT2D eigenvalue weighted by molar-refractivity contribution is 5.69. The van der Waals surface area contributed by atoms with Crippen LogP contribution in [0.15, 0.2) is 48.8 Å². The third-order valence-corrected chi connectivity index (χ3v) is 2.86. The molecule has 0 amide bonds. The number of rotatable bonds is 5. The van der Waals surface area contributed by atoms with Crippen LogP contribution in [0.1, 0.15) is 17.5 Å². The molecule has 2 N–H and O–H groups in total. The Morgan fingerprint density at radius 2 is 1.52 bits per heavy atom. The summed E-state index contributed by atoms with van der Waals surface area (Å²) in [4.78, 5) is 10.5. The van der Waals surface area contributed by atoms with Gasteiger partial charge in [0.05, 0.1) is 0 Å². The van der Waals surface area contributed by atoms with Crippen molar-refractivity contribution >= 4 is 18.1 Å². The molecule has 4 nitrogen and oxygen atoms in total. The molecule has 1 aromatic carbocycles. The summed E-state index contributed by atoms with van der Waals surface area (Å²) in [6.45, 7) is 0.470. The van der Waals surface area contributed by atoms with Crippen LogP contribution in [0.3, 0.4) is 0 Å². The molecule has 1 aromatic heterocycles. The smallest absolute Gasteiger partial charge is 0.309 e. The van der Waals surface area contributed by atoms with Gasteiger partial charge in [0.2, 0.25) is 0 Å². The molecule has 1 heterocycles. The first kappa shape index (κ1) is 16.7. The Morgan fingerprint density at radius 3 is 2.05 bits per heavy atom. The average Bonchev–Trinajstić information content (AvgIpc) is 2.45. The summed E-state index contributed by atoms with van der Waals surface area (Å²) in [6.07, 6.45) is 7.76. The Hall–Kier alpha value is -2.33. The first-order valence-corrected chi connectivity index (χ1v) is 6.31. The van der Waals surface area contributed by atoms with E-state index in [9.17, 15) is 9.90 Å². The van der Waals surface area contributed by atoms with Crippen LogP contribution >= 0.6 is 0 Å². The third kappa shape index (κ3) is 5.67. The fraction of sp³-hybridized carbons (Fsp3) is 0.125. The lowest BCUT2D eigenvalue weighted by molar-refractivity contribution is -0.696. The van der Waals surface area contributed by atoms with Gasteiger partial charge in [-0.05, 0) is 23.3 Å². The molecular weight excluding hydrogens is 290 g/mol. The number of aryl methyl sites for hydroxylation is 1. The predicted molar refractivity (Wildman–Crippen MR) is 75.9 cm³/mol. The molecule has 21 heavy (non-hydrogen) atoms. The molecule has 0 aliphatic carbocycles. The van der Waals surface area contributed by atoms with Gasteiger partial charge in [-0.25, -0.2) is 4.57 Å². The minimum atomic E-state index is -0.797. The van der Waals surface area contributed by atoms with Crippen LogP contribution in [0.2, 0.25) is 0 Å². The fourth-order valence-corrected chi connectivity index (χ4v) is 1.73. The van der Waals surface area contributed by atoms with E-state index in [1.165, 1.54) is 0 Å². The summed E-state index contributed by atoms with van der Waals surface area (Å²) in [5.74, 6) is -0.546. The van der Waals surface area contributed by atoms with Gasteiger partial charge in [-0.15, -0.1) is 0 Å². The van der Waals surface area contributed by atoms with Crippen molar-refractivity contribution in [1.29, 1.82) is 0 Å². The minimum Gasteiger partial charge on any atom is -1.00 e. The lowest BCUT2D eigenvalue weighted by atomic mass is 10.1. The van der Waals surface area contributed by atoms with Crippen molar-refractivity contribution in [2.24, 2.45) is 0 Å². The zero-order valence-electron chi connectivity index (χ0n) is 11.3. The van der Waals surface area contributed by atoms with Crippen LogP contribution in [-0.4, -0.2) is 16.2 Å². The normalized spacial score (nSPS) is 10.3. The van der Waals surface area contributed by atoms with Crippen LogP contribution in [0.4, 0.5) is 0 Å². The van der Waals surface area contributed by atoms with Crippen molar-refractivity contribution in [2.75, 3.05) is 0 Å². The minimum absolute atomic E-state index is 0. The second kappa shape index (κ2) is 8.07. The van der Waals surface area contributed by atoms with Crippen molar-refractivity contribution in [3.63, 3.8) is 0 Å². The number of benzene rings is 1. The SMILES string of the molecule is O=C(O)CC[n+]1ccc(/C=C\c2ccc(O)cc2)cc1.[Cl-]. The quantitative estimate of drug-likeness (QED) is 0.720. The number of hydrogen-bond acceptors (Lipinski definition) is 2. The van der Waals surface area contributed by atoms with E-state index in [1.807, 2.05) is 53.4 Å². The predicted octanol–water partition coefficient (Wildman–Crippen LogP) is -0.671. The maximum Gasteiger partial charge on any atom is 0.309 e. The zero-order valence-corrected chi connectivity index (χ0v) is 12.1. The highest BCUT2D eigenvalue weighted by Crippen LogP contribution is 2.12. The van der Waals surface area contributed by atoms with Gasteiger partial charge < -0.3 is 22.6 Å². The second-order valence-electron chi connectivity index (χ2n) is 4.44. The van der Waals surface area contributed by atoms with Gasteiger partial charge in [-0.3, -0.25) is 4.79 Å². The molecule has 0 radical (unpaired) electrons. The molecule has 0 atom stereocenters. The number of phenolic OH excluding ortho intramolecular Hbond substituents is 1. The standard InChI is InChI=1S/C16H15NO3.ClH/c18-15-5-3-13(4-6-15)1-2-14-7-10-17(11-8-14)12-9-16(19)20;/h1-8,10-11H,9,12H2,(H,19,20);1H. The summed E-state index contributed by atoms with van der Waals surface area (Å²) >= 11 is 0. The summed E-state index contributed by atoms with van der Waals surface area (Å²) in [7, 11) is 0. The van der Waals surface area contributed by atoms with Crippen molar-refractivity contribution in [3.8, 4) is 5.75 Å². The molecule has 0 bridgehead atoms. The van der Waals surface area contributed by atoms with E-state index in [2.05, 4.69) is 0 Å². The molecule has 0 saturated carbocycles. The second-order valence-corrected chi connectivity index (χ2v) is 4.44. The number of carboxylic acids is 1. The van der Waals surface area contributed by atoms with Gasteiger partial charge in [-0.2, -0.15) is 0 Å². The lowest BCUT2D eigenvalue weighted by Crippen LogP contribution is -3.00. The number of aromatic hydroxyl groups is 1. The number of aliphatic carboxylic acids is 1. The van der Waals surface area contributed by atoms with E-state index >= 15 is 0 Å². The van der Waals surface area contributed by atoms with E-state index in [1.54, 1.807) is 12.1 Å². The van der Waals surface area contributed by atoms with Crippen LogP contribution < -0.4 is 17.0 Å². The Labute approximate surface area is 129 Å². The molecule has 0 spiro atoms. The molecule has 0 fully saturated rings. The first-order chi connectivity index (χ1) is 9.63. The molecule has 0 aliphatic heterocycles. The Balaban J connectivity index is 0.00000220. The van der Waals surface area contributed by atoms with Crippen molar-refractivity contribution in [1.82, 2.24) is 0 Å². The van der Waals surface area contributed by atoms with Gasteiger partial charge >= 0.3 is 5.97 Å². The van der Waals surface area contributed by atoms with Crippen molar-refractivity contribution < 1.29 is 32.0 Å². The van der Waals surface area contributed by atoms with Crippen LogP contribution in [0, 0.1) is 0 Å². The van der Waals surface area contributed by atoms with E-state index in [0.717, 1.165) is 11.1 Å². The van der Waals surface area contributed by atoms with Crippen LogP contribution in [-0.2, 0) is 11.3 Å². The molecule has 2 aromatic rings. The van der Waals surface area contributed by atoms with E-state index in [-0.39, 0.29) is 24.6 Å². The van der Waals surface area contributed by atoms with E-state index in [4.69, 9.17) is 5.11 Å². The lowest BCUT2D eigenvalue weighted by Gasteiger charge is -1.96. The summed E-state index contributed by atoms with van der Waals surface area (Å²) < 4.78 is 1.84. The van der Waals surface area contributed by atoms with Crippen molar-refractivity contribution in [2.45, 2.75) is 13.0 Å². The van der Waals surface area contributed by atoms with E-state index < -0.39 is 5.97 Å². The highest BCUT2D eigenvalue weighted by Gasteiger charge is 2.03. The third-order valence-electron chi connectivity index (χ3n) is 2.86. The summed E-state index contributed by atoms with van der Waals surface area (Å²) in [6, 6.07) is 10.8. The molecule has 0 saturated heterocycles. The number of aromatic nitrogens is 1. The number of carbonyl (C=O) groups is 1. The van der Waals surface area contributed by atoms with E-state index in [0.29, 0.717) is 6.54 Å². The van der Waals surface area contributed by atoms with Crippen LogP contribution in [0.5, 0.6) is 5.75 Å². The highest BCUT2D eigenvalue weighted by atomic mass is 35.5. The van der Waals surface area contributed by atoms with Gasteiger partial charge in [0.15, 0.2) is 18.9 Å². The molecular formula is C16H16ClNO3. The summed E-state index contributed by atoms with van der Waals surface area (Å²) in [5.41, 5.74) is 2.04. The number of carboxylic acid groups (broad SMARTS) is 1. The Bertz CT molecular complexity index is 606. The Morgan fingerprint density at radius 1 is 1.00 bits per heavy atom. The molecule has 5 heteroatoms.